The molecule has 0 aromatic carbocycles. The third kappa shape index (κ3) is 3.47. The molecule has 2 N–H and O–H groups in total. The van der Waals surface area contributed by atoms with Crippen LogP contribution in [-0.4, -0.2) is 21.2 Å². The SMILES string of the molecule is Cc1csc(C(C)(C)NC(=O)Nc2cccnn2)n1. The molecule has 7 heteroatoms. The van der Waals surface area contributed by atoms with Crippen LogP contribution in [0.4, 0.5) is 10.6 Å². The van der Waals surface area contributed by atoms with Crippen molar-refractivity contribution in [2.45, 2.75) is 26.3 Å². The Bertz CT molecular complexity index is 567. The van der Waals surface area contributed by atoms with Crippen LogP contribution >= 0.6 is 11.3 Å². The maximum absolute atomic E-state index is 11.9. The normalized spacial score (nSPS) is 11.1. The Balaban J connectivity index is 2.02. The number of thiazole rings is 1. The van der Waals surface area contributed by atoms with Gasteiger partial charge in [0.25, 0.3) is 0 Å². The predicted molar refractivity (Wildman–Crippen MR) is 74.1 cm³/mol. The Morgan fingerprint density at radius 3 is 2.79 bits per heavy atom. The summed E-state index contributed by atoms with van der Waals surface area (Å²) in [6, 6.07) is 3.05. The average molecular weight is 277 g/mol. The number of amides is 2. The lowest BCUT2D eigenvalue weighted by Gasteiger charge is -2.23. The lowest BCUT2D eigenvalue weighted by atomic mass is 10.1. The number of urea groups is 1. The van der Waals surface area contributed by atoms with Crippen LogP contribution in [0, 0.1) is 6.92 Å². The van der Waals surface area contributed by atoms with Crippen molar-refractivity contribution in [1.82, 2.24) is 20.5 Å². The van der Waals surface area contributed by atoms with Crippen LogP contribution in [-0.2, 0) is 5.54 Å². The molecule has 19 heavy (non-hydrogen) atoms. The molecule has 0 aliphatic carbocycles. The molecule has 0 radical (unpaired) electrons. The predicted octanol–water partition coefficient (Wildman–Crippen LogP) is 2.30. The second-order valence-corrected chi connectivity index (χ2v) is 5.47. The Labute approximate surface area is 115 Å². The summed E-state index contributed by atoms with van der Waals surface area (Å²) in [5.41, 5.74) is 0.412. The van der Waals surface area contributed by atoms with Gasteiger partial charge in [-0.1, -0.05) is 0 Å². The van der Waals surface area contributed by atoms with Gasteiger partial charge in [0.2, 0.25) is 0 Å². The Morgan fingerprint density at radius 1 is 1.42 bits per heavy atom. The molecule has 0 aliphatic heterocycles. The van der Waals surface area contributed by atoms with Crippen molar-refractivity contribution in [2.75, 3.05) is 5.32 Å². The zero-order valence-electron chi connectivity index (χ0n) is 11.0. The second kappa shape index (κ2) is 5.31. The molecule has 0 saturated heterocycles. The summed E-state index contributed by atoms with van der Waals surface area (Å²) in [6.45, 7) is 5.73. The first kappa shape index (κ1) is 13.4. The van der Waals surface area contributed by atoms with Gasteiger partial charge in [0, 0.05) is 17.3 Å². The van der Waals surface area contributed by atoms with E-state index in [9.17, 15) is 4.79 Å². The molecule has 2 aromatic heterocycles. The fourth-order valence-electron chi connectivity index (χ4n) is 1.49. The van der Waals surface area contributed by atoms with Crippen LogP contribution in [0.25, 0.3) is 0 Å². The van der Waals surface area contributed by atoms with E-state index in [1.165, 1.54) is 11.3 Å². The fraction of sp³-hybridized carbons (Fsp3) is 0.333. The summed E-state index contributed by atoms with van der Waals surface area (Å²) < 4.78 is 0. The molecule has 0 bridgehead atoms. The molecule has 2 rings (SSSR count). The summed E-state index contributed by atoms with van der Waals surface area (Å²) >= 11 is 1.52. The Morgan fingerprint density at radius 2 is 2.21 bits per heavy atom. The van der Waals surface area contributed by atoms with Crippen LogP contribution in [0.2, 0.25) is 0 Å². The van der Waals surface area contributed by atoms with Gasteiger partial charge in [0.15, 0.2) is 5.82 Å². The van der Waals surface area contributed by atoms with Gasteiger partial charge in [0.1, 0.15) is 5.01 Å². The minimum atomic E-state index is -0.536. The molecule has 0 aliphatic rings. The highest BCUT2D eigenvalue weighted by atomic mass is 32.1. The molecule has 0 atom stereocenters. The number of carbonyl (C=O) groups is 1. The number of hydrogen-bond donors (Lipinski definition) is 2. The van der Waals surface area contributed by atoms with Crippen LogP contribution in [0.3, 0.4) is 0 Å². The summed E-state index contributed by atoms with van der Waals surface area (Å²) in [5, 5.41) is 15.8. The molecule has 2 heterocycles. The molecular formula is C12H15N5OS. The number of anilines is 1. The van der Waals surface area contributed by atoms with Gasteiger partial charge in [-0.05, 0) is 32.9 Å². The third-order valence-corrected chi connectivity index (χ3v) is 3.68. The standard InChI is InChI=1S/C12H15N5OS/c1-8-7-19-10(14-8)12(2,3)16-11(18)15-9-5-4-6-13-17-9/h4-7H,1-3H3,(H2,15,16,17,18). The zero-order valence-corrected chi connectivity index (χ0v) is 11.8. The van der Waals surface area contributed by atoms with Gasteiger partial charge >= 0.3 is 6.03 Å². The van der Waals surface area contributed by atoms with E-state index < -0.39 is 5.54 Å². The maximum atomic E-state index is 11.9. The van der Waals surface area contributed by atoms with Crippen molar-refractivity contribution in [3.63, 3.8) is 0 Å². The first-order valence-corrected chi connectivity index (χ1v) is 6.65. The van der Waals surface area contributed by atoms with E-state index in [2.05, 4.69) is 25.8 Å². The van der Waals surface area contributed by atoms with Gasteiger partial charge in [-0.2, -0.15) is 5.10 Å². The number of rotatable bonds is 3. The second-order valence-electron chi connectivity index (χ2n) is 4.61. The monoisotopic (exact) mass is 277 g/mol. The van der Waals surface area contributed by atoms with Gasteiger partial charge in [-0.25, -0.2) is 9.78 Å². The van der Waals surface area contributed by atoms with Crippen molar-refractivity contribution in [1.29, 1.82) is 0 Å². The number of carbonyl (C=O) groups excluding carboxylic acids is 1. The average Bonchev–Trinajstić information content (AvgIpc) is 2.77. The van der Waals surface area contributed by atoms with Crippen LogP contribution in [0.15, 0.2) is 23.7 Å². The molecule has 0 unspecified atom stereocenters. The highest BCUT2D eigenvalue weighted by molar-refractivity contribution is 7.09. The van der Waals surface area contributed by atoms with Crippen LogP contribution in [0.1, 0.15) is 24.5 Å². The van der Waals surface area contributed by atoms with E-state index in [0.29, 0.717) is 5.82 Å². The van der Waals surface area contributed by atoms with Crippen molar-refractivity contribution in [2.24, 2.45) is 0 Å². The number of nitrogens with one attached hydrogen (secondary N) is 2. The highest BCUT2D eigenvalue weighted by Gasteiger charge is 2.26. The van der Waals surface area contributed by atoms with E-state index in [-0.39, 0.29) is 6.03 Å². The smallest absolute Gasteiger partial charge is 0.321 e. The van der Waals surface area contributed by atoms with Crippen molar-refractivity contribution < 1.29 is 4.79 Å². The molecule has 2 aromatic rings. The number of aryl methyl sites for hydroxylation is 1. The summed E-state index contributed by atoms with van der Waals surface area (Å²) in [6.07, 6.45) is 1.55. The zero-order chi connectivity index (χ0) is 13.9. The van der Waals surface area contributed by atoms with Gasteiger partial charge in [-0.3, -0.25) is 5.32 Å². The first-order chi connectivity index (χ1) is 8.97. The van der Waals surface area contributed by atoms with E-state index in [1.807, 2.05) is 26.2 Å². The molecule has 0 saturated carbocycles. The lowest BCUT2D eigenvalue weighted by Crippen LogP contribution is -2.43. The molecule has 2 amide bonds. The summed E-state index contributed by atoms with van der Waals surface area (Å²) in [5.74, 6) is 0.408. The van der Waals surface area contributed by atoms with Crippen LogP contribution < -0.4 is 10.6 Å². The quantitative estimate of drug-likeness (QED) is 0.902. The number of hydrogen-bond acceptors (Lipinski definition) is 5. The first-order valence-electron chi connectivity index (χ1n) is 5.77. The van der Waals surface area contributed by atoms with Crippen LogP contribution in [0.5, 0.6) is 0 Å². The van der Waals surface area contributed by atoms with Gasteiger partial charge in [0.05, 0.1) is 5.54 Å². The Hall–Kier alpha value is -2.02. The topological polar surface area (TPSA) is 79.8 Å². The van der Waals surface area contributed by atoms with Gasteiger partial charge < -0.3 is 5.32 Å². The number of nitrogens with zero attached hydrogens (tertiary/aromatic N) is 3. The molecule has 100 valence electrons. The summed E-state index contributed by atoms with van der Waals surface area (Å²) in [4.78, 5) is 16.3. The fourth-order valence-corrected chi connectivity index (χ4v) is 2.37. The van der Waals surface area contributed by atoms with Crippen molar-refractivity contribution >= 4 is 23.2 Å². The third-order valence-electron chi connectivity index (χ3n) is 2.39. The van der Waals surface area contributed by atoms with Crippen molar-refractivity contribution in [3.05, 3.63) is 34.4 Å². The van der Waals surface area contributed by atoms with E-state index >= 15 is 0 Å². The lowest BCUT2D eigenvalue weighted by molar-refractivity contribution is 0.241. The minimum Gasteiger partial charge on any atom is -0.326 e. The largest absolute Gasteiger partial charge is 0.326 e. The van der Waals surface area contributed by atoms with E-state index in [4.69, 9.17) is 0 Å². The molecule has 0 spiro atoms. The molecule has 6 nitrogen and oxygen atoms in total. The Kier molecular flexibility index (Phi) is 3.75. The summed E-state index contributed by atoms with van der Waals surface area (Å²) in [7, 11) is 0. The minimum absolute atomic E-state index is 0.335. The van der Waals surface area contributed by atoms with E-state index in [1.54, 1.807) is 18.3 Å². The van der Waals surface area contributed by atoms with Gasteiger partial charge in [-0.15, -0.1) is 16.4 Å². The highest BCUT2D eigenvalue weighted by Crippen LogP contribution is 2.23. The molecular weight excluding hydrogens is 262 g/mol. The van der Waals surface area contributed by atoms with Crippen molar-refractivity contribution in [3.8, 4) is 0 Å². The van der Waals surface area contributed by atoms with E-state index in [0.717, 1.165) is 10.7 Å². The number of aromatic nitrogens is 3. The maximum Gasteiger partial charge on any atom is 0.321 e. The molecule has 0 fully saturated rings.